The number of halogens is 1. The molecule has 1 unspecified atom stereocenters. The molecular weight excluding hydrogens is 183 g/mol. The van der Waals surface area contributed by atoms with E-state index in [1.54, 1.807) is 0 Å². The second-order valence-electron chi connectivity index (χ2n) is 1.91. The van der Waals surface area contributed by atoms with Gasteiger partial charge in [0.2, 0.25) is 0 Å². The molecule has 0 saturated carbocycles. The van der Waals surface area contributed by atoms with Crippen LogP contribution in [0.3, 0.4) is 0 Å². The van der Waals surface area contributed by atoms with Gasteiger partial charge in [-0.15, -0.1) is 0 Å². The van der Waals surface area contributed by atoms with E-state index in [1.165, 1.54) is 31.8 Å². The molecule has 0 fully saturated rings. The molecular formula is C6H16BrP. The van der Waals surface area contributed by atoms with Crippen LogP contribution in [0.1, 0.15) is 32.6 Å². The fourth-order valence-electron chi connectivity index (χ4n) is 0.604. The van der Waals surface area contributed by atoms with Gasteiger partial charge in [0.15, 0.2) is 0 Å². The van der Waals surface area contributed by atoms with Gasteiger partial charge in [0.1, 0.15) is 0 Å². The van der Waals surface area contributed by atoms with E-state index in [4.69, 9.17) is 0 Å². The van der Waals surface area contributed by atoms with Crippen LogP contribution in [0.4, 0.5) is 0 Å². The lowest BCUT2D eigenvalue weighted by Gasteiger charge is -1.88. The molecule has 8 heavy (non-hydrogen) atoms. The van der Waals surface area contributed by atoms with Gasteiger partial charge in [-0.3, -0.25) is 0 Å². The zero-order chi connectivity index (χ0) is 5.54. The molecule has 0 heterocycles. The molecule has 0 aliphatic carbocycles. The number of unbranched alkanes of at least 4 members (excludes halogenated alkanes) is 3. The highest BCUT2D eigenvalue weighted by Gasteiger charge is 1.82. The summed E-state index contributed by atoms with van der Waals surface area (Å²) >= 11 is 0. The van der Waals surface area contributed by atoms with Gasteiger partial charge in [0.25, 0.3) is 0 Å². The van der Waals surface area contributed by atoms with Gasteiger partial charge in [-0.25, -0.2) is 0 Å². The summed E-state index contributed by atoms with van der Waals surface area (Å²) in [6, 6.07) is 0. The molecule has 0 nitrogen and oxygen atoms in total. The van der Waals surface area contributed by atoms with E-state index in [9.17, 15) is 0 Å². The van der Waals surface area contributed by atoms with E-state index in [0.29, 0.717) is 0 Å². The Morgan fingerprint density at radius 1 is 1.12 bits per heavy atom. The van der Waals surface area contributed by atoms with Gasteiger partial charge >= 0.3 is 0 Å². The minimum Gasteiger partial charge on any atom is -1.00 e. The predicted molar refractivity (Wildman–Crippen MR) is 40.1 cm³/mol. The van der Waals surface area contributed by atoms with Crippen LogP contribution in [0.15, 0.2) is 0 Å². The molecule has 0 N–H and O–H groups in total. The normalized spacial score (nSPS) is 8.62. The van der Waals surface area contributed by atoms with Crippen molar-refractivity contribution in [2.24, 2.45) is 0 Å². The Hall–Kier alpha value is 0.910. The van der Waals surface area contributed by atoms with E-state index in [2.05, 4.69) is 16.2 Å². The van der Waals surface area contributed by atoms with Crippen molar-refractivity contribution in [1.29, 1.82) is 0 Å². The Balaban J connectivity index is 0. The fourth-order valence-corrected chi connectivity index (χ4v) is 0.957. The highest BCUT2D eigenvalue weighted by Crippen LogP contribution is 2.00. The molecule has 0 bridgehead atoms. The molecule has 1 atom stereocenters. The van der Waals surface area contributed by atoms with Crippen LogP contribution < -0.4 is 17.0 Å². The topological polar surface area (TPSA) is 0 Å². The maximum Gasteiger partial charge on any atom is 0.0526 e. The fraction of sp³-hybridized carbons (Fsp3) is 1.00. The number of hydrogen-bond donors (Lipinski definition) is 0. The first kappa shape index (κ1) is 11.7. The van der Waals surface area contributed by atoms with Crippen molar-refractivity contribution in [1.82, 2.24) is 0 Å². The monoisotopic (exact) mass is 198 g/mol. The van der Waals surface area contributed by atoms with Crippen LogP contribution in [0.2, 0.25) is 0 Å². The van der Waals surface area contributed by atoms with Crippen molar-refractivity contribution >= 4 is 9.24 Å². The lowest BCUT2D eigenvalue weighted by atomic mass is 10.2. The van der Waals surface area contributed by atoms with E-state index < -0.39 is 0 Å². The summed E-state index contributed by atoms with van der Waals surface area (Å²) in [5, 5.41) is 0. The zero-order valence-electron chi connectivity index (χ0n) is 5.62. The molecule has 0 aromatic heterocycles. The van der Waals surface area contributed by atoms with Crippen molar-refractivity contribution < 1.29 is 17.0 Å². The van der Waals surface area contributed by atoms with Gasteiger partial charge in [0.05, 0.1) is 6.16 Å². The van der Waals surface area contributed by atoms with Crippen LogP contribution in [-0.2, 0) is 0 Å². The average molecular weight is 199 g/mol. The molecule has 0 aliphatic rings. The molecule has 2 heteroatoms. The number of rotatable bonds is 4. The Labute approximate surface area is 65.4 Å². The van der Waals surface area contributed by atoms with Crippen LogP contribution in [-0.4, -0.2) is 6.16 Å². The van der Waals surface area contributed by atoms with Crippen molar-refractivity contribution in [3.05, 3.63) is 0 Å². The molecule has 0 aliphatic heterocycles. The van der Waals surface area contributed by atoms with E-state index in [-0.39, 0.29) is 17.0 Å². The van der Waals surface area contributed by atoms with Crippen LogP contribution in [0.25, 0.3) is 0 Å². The first-order chi connectivity index (χ1) is 3.41. The van der Waals surface area contributed by atoms with Crippen LogP contribution in [0.5, 0.6) is 0 Å². The Morgan fingerprint density at radius 3 is 2.12 bits per heavy atom. The Kier molecular flexibility index (Phi) is 15.8. The van der Waals surface area contributed by atoms with Crippen molar-refractivity contribution in [3.63, 3.8) is 0 Å². The minimum absolute atomic E-state index is 0. The lowest BCUT2D eigenvalue weighted by Crippen LogP contribution is -3.00. The third-order valence-corrected chi connectivity index (χ3v) is 1.60. The smallest absolute Gasteiger partial charge is 0.0526 e. The maximum atomic E-state index is 2.25. The van der Waals surface area contributed by atoms with Gasteiger partial charge in [-0.05, 0) is 22.1 Å². The third kappa shape index (κ3) is 10.0. The van der Waals surface area contributed by atoms with Gasteiger partial charge < -0.3 is 17.0 Å². The summed E-state index contributed by atoms with van der Waals surface area (Å²) in [6.07, 6.45) is 7.06. The van der Waals surface area contributed by atoms with Gasteiger partial charge in [-0.1, -0.05) is 19.8 Å². The zero-order valence-corrected chi connectivity index (χ0v) is 8.62. The lowest BCUT2D eigenvalue weighted by molar-refractivity contribution is -0.00000153. The van der Waals surface area contributed by atoms with E-state index >= 15 is 0 Å². The minimum atomic E-state index is 0. The van der Waals surface area contributed by atoms with Crippen molar-refractivity contribution in [2.45, 2.75) is 32.6 Å². The summed E-state index contributed by atoms with van der Waals surface area (Å²) in [7, 11) is 2.08. The van der Waals surface area contributed by atoms with Crippen molar-refractivity contribution in [3.8, 4) is 0 Å². The first-order valence-electron chi connectivity index (χ1n) is 3.21. The van der Waals surface area contributed by atoms with Gasteiger partial charge in [-0.2, -0.15) is 0 Å². The highest BCUT2D eigenvalue weighted by atomic mass is 79.9. The quantitative estimate of drug-likeness (QED) is 0.410. The molecule has 0 radical (unpaired) electrons. The van der Waals surface area contributed by atoms with E-state index in [0.717, 1.165) is 0 Å². The summed E-state index contributed by atoms with van der Waals surface area (Å²) < 4.78 is 0. The SMILES string of the molecule is CCCCCC[PH3+].[Br-]. The largest absolute Gasteiger partial charge is 1.00 e. The summed E-state index contributed by atoms with van der Waals surface area (Å²) in [4.78, 5) is 0. The molecule has 52 valence electrons. The summed E-state index contributed by atoms with van der Waals surface area (Å²) in [6.45, 7) is 2.25. The predicted octanol–water partition coefficient (Wildman–Crippen LogP) is -0.822. The molecule has 0 aromatic carbocycles. The van der Waals surface area contributed by atoms with Gasteiger partial charge in [0, 0.05) is 0 Å². The Morgan fingerprint density at radius 2 is 1.75 bits per heavy atom. The third-order valence-electron chi connectivity index (χ3n) is 1.10. The summed E-state index contributed by atoms with van der Waals surface area (Å²) in [5.41, 5.74) is 0. The molecule has 0 saturated heterocycles. The van der Waals surface area contributed by atoms with Crippen LogP contribution >= 0.6 is 9.24 Å². The summed E-state index contributed by atoms with van der Waals surface area (Å²) in [5.74, 6) is 0. The Bertz CT molecular complexity index is 27.7. The average Bonchev–Trinajstić information content (AvgIpc) is 1.69. The maximum absolute atomic E-state index is 2.25. The van der Waals surface area contributed by atoms with E-state index in [1.807, 2.05) is 0 Å². The highest BCUT2D eigenvalue weighted by molar-refractivity contribution is 7.16. The second-order valence-corrected chi connectivity index (χ2v) is 2.62. The molecule has 0 rings (SSSR count). The first-order valence-corrected chi connectivity index (χ1v) is 4.21. The molecule has 0 aromatic rings. The van der Waals surface area contributed by atoms with Crippen molar-refractivity contribution in [2.75, 3.05) is 6.16 Å². The molecule has 0 spiro atoms. The van der Waals surface area contributed by atoms with Crippen LogP contribution in [0, 0.1) is 0 Å². The number of hydrogen-bond acceptors (Lipinski definition) is 0. The second kappa shape index (κ2) is 10.8. The molecule has 0 amide bonds. The standard InChI is InChI=1S/C6H15P.BrH/c1-2-3-4-5-6-7;/h2-7H2,1H3;1H.